The van der Waals surface area contributed by atoms with Gasteiger partial charge < -0.3 is 16.0 Å². The van der Waals surface area contributed by atoms with Crippen molar-refractivity contribution in [3.63, 3.8) is 0 Å². The van der Waals surface area contributed by atoms with Crippen LogP contribution in [0.4, 0.5) is 15.4 Å². The lowest BCUT2D eigenvalue weighted by atomic mass is 9.90. The third kappa shape index (κ3) is 6.91. The summed E-state index contributed by atoms with van der Waals surface area (Å²) in [5.41, 5.74) is 4.97. The fourth-order valence-electron chi connectivity index (χ4n) is 4.02. The predicted molar refractivity (Wildman–Crippen MR) is 170 cm³/mol. The number of rotatable bonds is 12. The number of aromatic nitrogens is 6. The standard InChI is InChI=1S/C29H27N9S3/c1-29(17-33-26-36-23(14-39-26)20-8-2-5-11-30-20,18-34-27-37-24(15-40-27)21-9-3-6-12-31-21)19-35-28-38-25(16-41-28)22-10-4-7-13-32-22/h2-16H,17-19H2,1H3,(H,33,36)(H,34,37)(H,35,38). The van der Waals surface area contributed by atoms with Gasteiger partial charge in [-0.2, -0.15) is 0 Å². The molecule has 0 aliphatic heterocycles. The first-order valence-corrected chi connectivity index (χ1v) is 15.6. The topological polar surface area (TPSA) is 113 Å². The maximum Gasteiger partial charge on any atom is 0.183 e. The average molecular weight is 598 g/mol. The van der Waals surface area contributed by atoms with E-state index in [0.29, 0.717) is 19.6 Å². The van der Waals surface area contributed by atoms with Crippen LogP contribution in [0, 0.1) is 5.41 Å². The van der Waals surface area contributed by atoms with Gasteiger partial charge in [-0.1, -0.05) is 25.1 Å². The van der Waals surface area contributed by atoms with Gasteiger partial charge in [-0.05, 0) is 36.4 Å². The van der Waals surface area contributed by atoms with Crippen LogP contribution in [-0.2, 0) is 0 Å². The highest BCUT2D eigenvalue weighted by atomic mass is 32.1. The SMILES string of the molecule is CC(CNc1nc(-c2ccccn2)cs1)(CNc1nc(-c2ccccn2)cs1)CNc1nc(-c2ccccn2)cs1. The zero-order valence-corrected chi connectivity index (χ0v) is 24.6. The van der Waals surface area contributed by atoms with Crippen molar-refractivity contribution in [1.29, 1.82) is 0 Å². The number of thiazole rings is 3. The number of pyridine rings is 3. The highest BCUT2D eigenvalue weighted by Crippen LogP contribution is 2.29. The molecule has 0 radical (unpaired) electrons. The van der Waals surface area contributed by atoms with Crippen LogP contribution in [0.5, 0.6) is 0 Å². The molecule has 0 saturated heterocycles. The van der Waals surface area contributed by atoms with Crippen molar-refractivity contribution in [2.75, 3.05) is 35.6 Å². The van der Waals surface area contributed by atoms with Gasteiger partial charge in [-0.3, -0.25) is 15.0 Å². The van der Waals surface area contributed by atoms with Crippen molar-refractivity contribution in [3.05, 3.63) is 89.3 Å². The summed E-state index contributed by atoms with van der Waals surface area (Å²) in [5, 5.41) is 19.3. The zero-order valence-electron chi connectivity index (χ0n) is 22.2. The Balaban J connectivity index is 1.15. The monoisotopic (exact) mass is 597 g/mol. The van der Waals surface area contributed by atoms with Gasteiger partial charge in [0.15, 0.2) is 15.4 Å². The minimum Gasteiger partial charge on any atom is -0.361 e. The summed E-state index contributed by atoms with van der Waals surface area (Å²) in [6, 6.07) is 17.5. The number of hydrogen-bond acceptors (Lipinski definition) is 12. The second-order valence-electron chi connectivity index (χ2n) is 9.63. The largest absolute Gasteiger partial charge is 0.361 e. The van der Waals surface area contributed by atoms with E-state index in [2.05, 4.69) is 37.8 Å². The molecule has 41 heavy (non-hydrogen) atoms. The normalized spacial score (nSPS) is 11.3. The first kappa shape index (κ1) is 26.9. The van der Waals surface area contributed by atoms with E-state index < -0.39 is 0 Å². The van der Waals surface area contributed by atoms with Gasteiger partial charge in [-0.15, -0.1) is 34.0 Å². The molecular weight excluding hydrogens is 571 g/mol. The van der Waals surface area contributed by atoms with Gasteiger partial charge in [-0.25, -0.2) is 15.0 Å². The highest BCUT2D eigenvalue weighted by molar-refractivity contribution is 7.14. The molecule has 0 spiro atoms. The summed E-state index contributed by atoms with van der Waals surface area (Å²) >= 11 is 4.74. The van der Waals surface area contributed by atoms with Crippen LogP contribution in [0.2, 0.25) is 0 Å². The number of nitrogens with one attached hydrogen (secondary N) is 3. The second kappa shape index (κ2) is 12.5. The predicted octanol–water partition coefficient (Wildman–Crippen LogP) is 6.88. The molecule has 206 valence electrons. The van der Waals surface area contributed by atoms with Crippen LogP contribution < -0.4 is 16.0 Å². The van der Waals surface area contributed by atoms with Gasteiger partial charge >= 0.3 is 0 Å². The van der Waals surface area contributed by atoms with Gasteiger partial charge in [0, 0.05) is 59.8 Å². The van der Waals surface area contributed by atoms with E-state index in [9.17, 15) is 0 Å². The molecule has 0 atom stereocenters. The molecule has 0 bridgehead atoms. The molecular formula is C29H27N9S3. The fraction of sp³-hybridized carbons (Fsp3) is 0.172. The Labute approximate surface area is 249 Å². The Morgan fingerprint density at radius 3 is 1.15 bits per heavy atom. The number of hydrogen-bond donors (Lipinski definition) is 3. The Morgan fingerprint density at radius 1 is 0.512 bits per heavy atom. The molecule has 0 amide bonds. The maximum atomic E-state index is 4.76. The Kier molecular flexibility index (Phi) is 8.21. The molecule has 0 aliphatic rings. The van der Waals surface area contributed by atoms with Crippen LogP contribution in [0.25, 0.3) is 34.2 Å². The molecule has 0 unspecified atom stereocenters. The van der Waals surface area contributed by atoms with E-state index in [1.165, 1.54) is 0 Å². The molecule has 3 N–H and O–H groups in total. The highest BCUT2D eigenvalue weighted by Gasteiger charge is 2.26. The van der Waals surface area contributed by atoms with Gasteiger partial charge in [0.1, 0.15) is 17.1 Å². The minimum atomic E-state index is -0.218. The summed E-state index contributed by atoms with van der Waals surface area (Å²) in [6.45, 7) is 4.27. The molecule has 0 aromatic carbocycles. The molecule has 6 rings (SSSR count). The van der Waals surface area contributed by atoms with Crippen LogP contribution in [0.3, 0.4) is 0 Å². The average Bonchev–Trinajstić information content (AvgIpc) is 3.81. The lowest BCUT2D eigenvalue weighted by Crippen LogP contribution is -2.40. The molecule has 0 fully saturated rings. The first-order valence-electron chi connectivity index (χ1n) is 13.0. The minimum absolute atomic E-state index is 0.218. The van der Waals surface area contributed by atoms with Crippen molar-refractivity contribution in [2.24, 2.45) is 5.41 Å². The summed E-state index contributed by atoms with van der Waals surface area (Å²) in [5.74, 6) is 0. The first-order chi connectivity index (χ1) is 20.1. The van der Waals surface area contributed by atoms with E-state index >= 15 is 0 Å². The molecule has 6 aromatic heterocycles. The van der Waals surface area contributed by atoms with Crippen molar-refractivity contribution < 1.29 is 0 Å². The lowest BCUT2D eigenvalue weighted by molar-refractivity contribution is 0.397. The van der Waals surface area contributed by atoms with Crippen molar-refractivity contribution in [1.82, 2.24) is 29.9 Å². The third-order valence-corrected chi connectivity index (χ3v) is 8.69. The Bertz CT molecular complexity index is 1470. The zero-order chi connectivity index (χ0) is 27.9. The fourth-order valence-corrected chi connectivity index (χ4v) is 6.12. The summed E-state index contributed by atoms with van der Waals surface area (Å²) in [4.78, 5) is 27.6. The van der Waals surface area contributed by atoms with E-state index in [1.54, 1.807) is 52.6 Å². The maximum absolute atomic E-state index is 4.76. The number of nitrogens with zero attached hydrogens (tertiary/aromatic N) is 6. The van der Waals surface area contributed by atoms with Gasteiger partial charge in [0.25, 0.3) is 0 Å². The number of anilines is 3. The molecule has 6 aromatic rings. The van der Waals surface area contributed by atoms with Crippen LogP contribution in [0.15, 0.2) is 89.3 Å². The molecule has 0 saturated carbocycles. The smallest absolute Gasteiger partial charge is 0.183 e. The van der Waals surface area contributed by atoms with Crippen molar-refractivity contribution in [2.45, 2.75) is 6.92 Å². The van der Waals surface area contributed by atoms with Gasteiger partial charge in [0.05, 0.1) is 17.1 Å². The summed E-state index contributed by atoms with van der Waals surface area (Å²) in [6.07, 6.45) is 5.35. The Hall–Kier alpha value is -4.26. The lowest BCUT2D eigenvalue weighted by Gasteiger charge is -2.30. The Morgan fingerprint density at radius 2 is 0.854 bits per heavy atom. The van der Waals surface area contributed by atoms with E-state index in [4.69, 9.17) is 15.0 Å². The van der Waals surface area contributed by atoms with Crippen LogP contribution in [-0.4, -0.2) is 49.5 Å². The summed E-state index contributed by atoms with van der Waals surface area (Å²) in [7, 11) is 0. The molecule has 9 nitrogen and oxygen atoms in total. The molecule has 12 heteroatoms. The van der Waals surface area contributed by atoms with Crippen molar-refractivity contribution >= 4 is 49.4 Å². The van der Waals surface area contributed by atoms with E-state index in [1.807, 2.05) is 70.7 Å². The van der Waals surface area contributed by atoms with Gasteiger partial charge in [0.2, 0.25) is 0 Å². The quantitative estimate of drug-likeness (QED) is 0.139. The van der Waals surface area contributed by atoms with E-state index in [-0.39, 0.29) is 5.41 Å². The van der Waals surface area contributed by atoms with E-state index in [0.717, 1.165) is 49.6 Å². The molecule has 0 aliphatic carbocycles. The third-order valence-electron chi connectivity index (χ3n) is 6.29. The van der Waals surface area contributed by atoms with Crippen LogP contribution >= 0.6 is 34.0 Å². The van der Waals surface area contributed by atoms with Crippen molar-refractivity contribution in [3.8, 4) is 34.2 Å². The molecule has 6 heterocycles. The summed E-state index contributed by atoms with van der Waals surface area (Å²) < 4.78 is 0. The second-order valence-corrected chi connectivity index (χ2v) is 12.2. The van der Waals surface area contributed by atoms with Crippen LogP contribution in [0.1, 0.15) is 6.92 Å².